The van der Waals surface area contributed by atoms with Crippen LogP contribution in [0.2, 0.25) is 0 Å². The van der Waals surface area contributed by atoms with Gasteiger partial charge in [-0.3, -0.25) is 9.59 Å². The number of carbonyl (C=O) groups is 2. The Hall–Kier alpha value is -1.32. The predicted octanol–water partition coefficient (Wildman–Crippen LogP) is 0.420. The van der Waals surface area contributed by atoms with Gasteiger partial charge in [0.1, 0.15) is 6.10 Å². The minimum atomic E-state index is -0.381. The van der Waals surface area contributed by atoms with Gasteiger partial charge in [-0.25, -0.2) is 0 Å². The van der Waals surface area contributed by atoms with Gasteiger partial charge in [0, 0.05) is 12.8 Å². The van der Waals surface area contributed by atoms with Crippen molar-refractivity contribution in [2.45, 2.75) is 25.6 Å². The van der Waals surface area contributed by atoms with Crippen molar-refractivity contribution < 1.29 is 19.1 Å². The van der Waals surface area contributed by atoms with Gasteiger partial charge in [0.25, 0.3) is 0 Å². The standard InChI is InChI=1S/C9H10O4/c1-5(10)12-7-3-2-6-4-8(11)13-9(6)7/h2-3,6-7,9H,4H2,1H3/t6-,7+,9+/m1/s1. The van der Waals surface area contributed by atoms with Crippen LogP contribution in [-0.4, -0.2) is 24.1 Å². The molecule has 0 N–H and O–H groups in total. The van der Waals surface area contributed by atoms with Crippen LogP contribution >= 0.6 is 0 Å². The lowest BCUT2D eigenvalue weighted by molar-refractivity contribution is -0.156. The molecular weight excluding hydrogens is 172 g/mol. The lowest BCUT2D eigenvalue weighted by Crippen LogP contribution is -2.28. The number of esters is 2. The first-order valence-corrected chi connectivity index (χ1v) is 4.22. The molecule has 1 aliphatic heterocycles. The second-order valence-electron chi connectivity index (χ2n) is 3.28. The molecule has 0 spiro atoms. The lowest BCUT2D eigenvalue weighted by atomic mass is 10.1. The largest absolute Gasteiger partial charge is 0.457 e. The van der Waals surface area contributed by atoms with Gasteiger partial charge in [0.05, 0.1) is 6.42 Å². The summed E-state index contributed by atoms with van der Waals surface area (Å²) in [4.78, 5) is 21.6. The number of hydrogen-bond acceptors (Lipinski definition) is 4. The predicted molar refractivity (Wildman–Crippen MR) is 42.7 cm³/mol. The number of ether oxygens (including phenoxy) is 2. The van der Waals surface area contributed by atoms with Crippen LogP contribution in [0.25, 0.3) is 0 Å². The second kappa shape index (κ2) is 2.87. The molecule has 2 aliphatic rings. The maximum atomic E-state index is 10.9. The summed E-state index contributed by atoms with van der Waals surface area (Å²) >= 11 is 0. The van der Waals surface area contributed by atoms with E-state index >= 15 is 0 Å². The van der Waals surface area contributed by atoms with Gasteiger partial charge < -0.3 is 9.47 Å². The molecule has 0 radical (unpaired) electrons. The number of carbonyl (C=O) groups excluding carboxylic acids is 2. The van der Waals surface area contributed by atoms with E-state index in [1.807, 2.05) is 6.08 Å². The minimum absolute atomic E-state index is 0.0943. The summed E-state index contributed by atoms with van der Waals surface area (Å²) in [7, 11) is 0. The Morgan fingerprint density at radius 3 is 3.08 bits per heavy atom. The van der Waals surface area contributed by atoms with Crippen molar-refractivity contribution in [1.29, 1.82) is 0 Å². The van der Waals surface area contributed by atoms with Crippen LogP contribution in [0, 0.1) is 5.92 Å². The molecule has 0 amide bonds. The Balaban J connectivity index is 2.05. The molecule has 2 rings (SSSR count). The lowest BCUT2D eigenvalue weighted by Gasteiger charge is -2.16. The Morgan fingerprint density at radius 2 is 2.38 bits per heavy atom. The number of fused-ring (bicyclic) bond motifs is 1. The van der Waals surface area contributed by atoms with Gasteiger partial charge in [0.15, 0.2) is 6.10 Å². The van der Waals surface area contributed by atoms with Crippen LogP contribution in [-0.2, 0) is 19.1 Å². The summed E-state index contributed by atoms with van der Waals surface area (Å²) in [5.41, 5.74) is 0. The summed E-state index contributed by atoms with van der Waals surface area (Å²) in [6.07, 6.45) is 3.40. The monoisotopic (exact) mass is 182 g/mol. The SMILES string of the molecule is CC(=O)O[C@H]1C=C[C@@H]2CC(=O)O[C@@H]21. The maximum Gasteiger partial charge on any atom is 0.306 e. The van der Waals surface area contributed by atoms with Crippen LogP contribution in [0.3, 0.4) is 0 Å². The van der Waals surface area contributed by atoms with Gasteiger partial charge in [0.2, 0.25) is 0 Å². The van der Waals surface area contributed by atoms with Crippen LogP contribution in [0.15, 0.2) is 12.2 Å². The van der Waals surface area contributed by atoms with E-state index in [1.165, 1.54) is 6.92 Å². The average molecular weight is 182 g/mol. The molecule has 4 nitrogen and oxygen atoms in total. The van der Waals surface area contributed by atoms with E-state index < -0.39 is 0 Å². The third kappa shape index (κ3) is 1.43. The van der Waals surface area contributed by atoms with E-state index in [4.69, 9.17) is 9.47 Å². The number of rotatable bonds is 1. The van der Waals surface area contributed by atoms with Crippen LogP contribution in [0.1, 0.15) is 13.3 Å². The highest BCUT2D eigenvalue weighted by molar-refractivity contribution is 5.73. The van der Waals surface area contributed by atoms with E-state index in [2.05, 4.69) is 0 Å². The molecule has 1 fully saturated rings. The summed E-state index contributed by atoms with van der Waals surface area (Å²) in [5.74, 6) is -0.466. The highest BCUT2D eigenvalue weighted by Gasteiger charge is 2.43. The van der Waals surface area contributed by atoms with Crippen molar-refractivity contribution >= 4 is 11.9 Å². The molecule has 0 aromatic heterocycles. The molecular formula is C9H10O4. The van der Waals surface area contributed by atoms with Gasteiger partial charge >= 0.3 is 11.9 Å². The van der Waals surface area contributed by atoms with Gasteiger partial charge in [-0.1, -0.05) is 6.08 Å². The summed E-state index contributed by atoms with van der Waals surface area (Å²) in [5, 5.41) is 0. The van der Waals surface area contributed by atoms with Gasteiger partial charge in [-0.15, -0.1) is 0 Å². The zero-order chi connectivity index (χ0) is 9.42. The fourth-order valence-electron chi connectivity index (χ4n) is 1.74. The van der Waals surface area contributed by atoms with Crippen molar-refractivity contribution in [2.24, 2.45) is 5.92 Å². The third-order valence-electron chi connectivity index (χ3n) is 2.27. The Bertz CT molecular complexity index is 281. The molecule has 0 unspecified atom stereocenters. The number of hydrogen-bond donors (Lipinski definition) is 0. The maximum absolute atomic E-state index is 10.9. The molecule has 1 aliphatic carbocycles. The highest BCUT2D eigenvalue weighted by Crippen LogP contribution is 2.32. The summed E-state index contributed by atoms with van der Waals surface area (Å²) in [6, 6.07) is 0. The van der Waals surface area contributed by atoms with E-state index in [-0.39, 0.29) is 30.1 Å². The van der Waals surface area contributed by atoms with E-state index in [0.29, 0.717) is 6.42 Å². The molecule has 0 aromatic carbocycles. The van der Waals surface area contributed by atoms with Crippen molar-refractivity contribution in [3.8, 4) is 0 Å². The summed E-state index contributed by atoms with van der Waals surface area (Å²) in [6.45, 7) is 1.35. The quantitative estimate of drug-likeness (QED) is 0.435. The van der Waals surface area contributed by atoms with Crippen molar-refractivity contribution in [2.75, 3.05) is 0 Å². The normalized spacial score (nSPS) is 35.8. The topological polar surface area (TPSA) is 52.6 Å². The fraction of sp³-hybridized carbons (Fsp3) is 0.556. The molecule has 70 valence electrons. The van der Waals surface area contributed by atoms with Crippen molar-refractivity contribution in [1.82, 2.24) is 0 Å². The molecule has 0 bridgehead atoms. The molecule has 4 heteroatoms. The molecule has 1 saturated heterocycles. The Labute approximate surface area is 75.5 Å². The van der Waals surface area contributed by atoms with Crippen LogP contribution < -0.4 is 0 Å². The Kier molecular flexibility index (Phi) is 1.83. The second-order valence-corrected chi connectivity index (χ2v) is 3.28. The van der Waals surface area contributed by atoms with Crippen LogP contribution in [0.4, 0.5) is 0 Å². The van der Waals surface area contributed by atoms with Gasteiger partial charge in [-0.2, -0.15) is 0 Å². The molecule has 0 aromatic rings. The third-order valence-corrected chi connectivity index (χ3v) is 2.27. The molecule has 13 heavy (non-hydrogen) atoms. The molecule has 0 saturated carbocycles. The smallest absolute Gasteiger partial charge is 0.306 e. The van der Waals surface area contributed by atoms with Crippen LogP contribution in [0.5, 0.6) is 0 Å². The summed E-state index contributed by atoms with van der Waals surface area (Å²) < 4.78 is 9.99. The van der Waals surface area contributed by atoms with E-state index in [0.717, 1.165) is 0 Å². The first-order chi connectivity index (χ1) is 6.16. The van der Waals surface area contributed by atoms with Gasteiger partial charge in [-0.05, 0) is 6.08 Å². The molecule has 1 heterocycles. The van der Waals surface area contributed by atoms with Crippen molar-refractivity contribution in [3.63, 3.8) is 0 Å². The first-order valence-electron chi connectivity index (χ1n) is 4.22. The fourth-order valence-corrected chi connectivity index (χ4v) is 1.74. The van der Waals surface area contributed by atoms with Crippen molar-refractivity contribution in [3.05, 3.63) is 12.2 Å². The minimum Gasteiger partial charge on any atom is -0.457 e. The zero-order valence-corrected chi connectivity index (χ0v) is 7.23. The average Bonchev–Trinajstić information content (AvgIpc) is 2.51. The highest BCUT2D eigenvalue weighted by atomic mass is 16.6. The first kappa shape index (κ1) is 8.29. The van der Waals surface area contributed by atoms with E-state index in [9.17, 15) is 9.59 Å². The Morgan fingerprint density at radius 1 is 1.62 bits per heavy atom. The van der Waals surface area contributed by atoms with E-state index in [1.54, 1.807) is 6.08 Å². The molecule has 3 atom stereocenters. The zero-order valence-electron chi connectivity index (χ0n) is 7.23.